The topological polar surface area (TPSA) is 108 Å². The fourth-order valence-electron chi connectivity index (χ4n) is 2.85. The predicted octanol–water partition coefficient (Wildman–Crippen LogP) is 3.27. The van der Waals surface area contributed by atoms with Crippen molar-refractivity contribution in [1.82, 2.24) is 20.6 Å². The zero-order chi connectivity index (χ0) is 18.6. The van der Waals surface area contributed by atoms with Crippen LogP contribution in [0.25, 0.3) is 21.1 Å². The Hall–Kier alpha value is -3.39. The first kappa shape index (κ1) is 17.0. The maximum Gasteiger partial charge on any atom is 0.321 e. The summed E-state index contributed by atoms with van der Waals surface area (Å²) in [5.41, 5.74) is 8.91. The Labute approximate surface area is 159 Å². The summed E-state index contributed by atoms with van der Waals surface area (Å²) in [5, 5.41) is 6.98. The van der Waals surface area contributed by atoms with Crippen LogP contribution < -0.4 is 16.4 Å². The number of aliphatic imine (C=N–C) groups is 1. The van der Waals surface area contributed by atoms with Gasteiger partial charge in [0.15, 0.2) is 0 Å². The molecule has 2 aromatic heterocycles. The summed E-state index contributed by atoms with van der Waals surface area (Å²) in [7, 11) is 0. The van der Waals surface area contributed by atoms with E-state index in [1.165, 1.54) is 11.3 Å². The molecule has 0 bridgehead atoms. The van der Waals surface area contributed by atoms with Gasteiger partial charge in [0.2, 0.25) is 11.1 Å². The van der Waals surface area contributed by atoms with Crippen molar-refractivity contribution in [2.24, 2.45) is 10.7 Å². The molecule has 0 atom stereocenters. The van der Waals surface area contributed by atoms with Crippen LogP contribution in [0.15, 0.2) is 59.7 Å². The Kier molecular flexibility index (Phi) is 4.71. The summed E-state index contributed by atoms with van der Waals surface area (Å²) in [6.07, 6.45) is 2.68. The second kappa shape index (κ2) is 7.46. The van der Waals surface area contributed by atoms with Crippen LogP contribution in [-0.2, 0) is 6.42 Å². The van der Waals surface area contributed by atoms with Crippen molar-refractivity contribution in [2.75, 3.05) is 6.54 Å². The Morgan fingerprint density at radius 1 is 1.19 bits per heavy atom. The van der Waals surface area contributed by atoms with Crippen molar-refractivity contribution in [3.8, 4) is 0 Å². The molecule has 0 spiro atoms. The van der Waals surface area contributed by atoms with E-state index in [9.17, 15) is 4.79 Å². The average molecular weight is 378 g/mol. The van der Waals surface area contributed by atoms with E-state index < -0.39 is 6.03 Å². The zero-order valence-corrected chi connectivity index (χ0v) is 15.2. The highest BCUT2D eigenvalue weighted by Crippen LogP contribution is 2.27. The molecule has 4 rings (SSSR count). The van der Waals surface area contributed by atoms with Crippen molar-refractivity contribution in [3.05, 3.63) is 60.3 Å². The molecule has 0 saturated carbocycles. The largest absolute Gasteiger partial charge is 0.369 e. The molecule has 0 saturated heterocycles. The molecular formula is C19H18N6OS. The summed E-state index contributed by atoms with van der Waals surface area (Å²) in [4.78, 5) is 23.7. The molecule has 0 radical (unpaired) electrons. The Balaban J connectivity index is 1.32. The van der Waals surface area contributed by atoms with Crippen LogP contribution in [0.3, 0.4) is 0 Å². The number of rotatable bonds is 4. The lowest BCUT2D eigenvalue weighted by molar-refractivity contribution is 0.245. The smallest absolute Gasteiger partial charge is 0.321 e. The fourth-order valence-corrected chi connectivity index (χ4v) is 3.70. The first-order valence-electron chi connectivity index (χ1n) is 8.48. The minimum atomic E-state index is -0.391. The fraction of sp³-hybridized carbons (Fsp3) is 0.105. The van der Waals surface area contributed by atoms with Gasteiger partial charge >= 0.3 is 6.03 Å². The number of aromatic amines is 1. The van der Waals surface area contributed by atoms with E-state index in [-0.39, 0.29) is 5.96 Å². The molecule has 7 nitrogen and oxygen atoms in total. The van der Waals surface area contributed by atoms with Gasteiger partial charge in [-0.15, -0.1) is 0 Å². The number of hydrogen-bond acceptors (Lipinski definition) is 4. The molecule has 8 heteroatoms. The highest BCUT2D eigenvalue weighted by Gasteiger charge is 2.07. The molecule has 2 aromatic carbocycles. The van der Waals surface area contributed by atoms with E-state index in [1.807, 2.05) is 48.7 Å². The number of thiazole rings is 1. The number of amides is 2. The van der Waals surface area contributed by atoms with Gasteiger partial charge in [-0.1, -0.05) is 41.7 Å². The number of aromatic nitrogens is 2. The third-order valence-electron chi connectivity index (χ3n) is 4.10. The Bertz CT molecular complexity index is 1100. The molecule has 0 aliphatic heterocycles. The maximum absolute atomic E-state index is 12.0. The highest BCUT2D eigenvalue weighted by molar-refractivity contribution is 7.22. The number of carbonyl (C=O) groups excluding carboxylic acids is 1. The number of fused-ring (bicyclic) bond motifs is 2. The van der Waals surface area contributed by atoms with Crippen molar-refractivity contribution in [2.45, 2.75) is 6.42 Å². The van der Waals surface area contributed by atoms with Crippen LogP contribution >= 0.6 is 11.3 Å². The third-order valence-corrected chi connectivity index (χ3v) is 5.03. The summed E-state index contributed by atoms with van der Waals surface area (Å²) in [6.45, 7) is 0.488. The third kappa shape index (κ3) is 3.90. The normalized spacial score (nSPS) is 11.8. The van der Waals surface area contributed by atoms with Crippen LogP contribution in [0.4, 0.5) is 9.93 Å². The lowest BCUT2D eigenvalue weighted by atomic mass is 10.1. The van der Waals surface area contributed by atoms with Gasteiger partial charge in [-0.25, -0.2) is 9.78 Å². The molecule has 0 aliphatic carbocycles. The quantitative estimate of drug-likeness (QED) is 0.323. The zero-order valence-electron chi connectivity index (χ0n) is 14.4. The number of H-pyrrole nitrogens is 1. The standard InChI is InChI=1S/C19H18N6OS/c20-17(25-19-23-15-7-3-4-8-16(15)27-19)24-18(26)21-10-9-12-11-22-14-6-2-1-5-13(12)14/h1-8,11,22H,9-10H2,(H4,20,21,23,24,25,26). The number of carbonyl (C=O) groups is 1. The van der Waals surface area contributed by atoms with Gasteiger partial charge in [0, 0.05) is 23.6 Å². The molecule has 5 N–H and O–H groups in total. The molecule has 27 heavy (non-hydrogen) atoms. The second-order valence-electron chi connectivity index (χ2n) is 5.95. The SMILES string of the molecule is N/C(=N\c1nc2ccccc2s1)NC(=O)NCCc1c[nH]c2ccccc12. The summed E-state index contributed by atoms with van der Waals surface area (Å²) >= 11 is 1.42. The van der Waals surface area contributed by atoms with Crippen molar-refractivity contribution in [3.63, 3.8) is 0 Å². The summed E-state index contributed by atoms with van der Waals surface area (Å²) in [5.74, 6) is 0.0126. The van der Waals surface area contributed by atoms with Crippen LogP contribution in [0.5, 0.6) is 0 Å². The van der Waals surface area contributed by atoms with E-state index in [2.05, 4.69) is 31.7 Å². The van der Waals surface area contributed by atoms with Gasteiger partial charge in [-0.2, -0.15) is 4.99 Å². The first-order chi connectivity index (χ1) is 13.2. The molecule has 136 valence electrons. The van der Waals surface area contributed by atoms with E-state index >= 15 is 0 Å². The molecule has 0 unspecified atom stereocenters. The van der Waals surface area contributed by atoms with Crippen molar-refractivity contribution < 1.29 is 4.79 Å². The minimum Gasteiger partial charge on any atom is -0.369 e. The van der Waals surface area contributed by atoms with Gasteiger partial charge in [-0.3, -0.25) is 5.32 Å². The van der Waals surface area contributed by atoms with Gasteiger partial charge < -0.3 is 16.0 Å². The van der Waals surface area contributed by atoms with Gasteiger partial charge in [-0.05, 0) is 30.2 Å². The molecule has 2 amide bonds. The second-order valence-corrected chi connectivity index (χ2v) is 6.96. The van der Waals surface area contributed by atoms with Gasteiger partial charge in [0.25, 0.3) is 0 Å². The summed E-state index contributed by atoms with van der Waals surface area (Å²) in [6, 6.07) is 15.4. The molecule has 2 heterocycles. The molecule has 0 aliphatic rings. The number of benzene rings is 2. The highest BCUT2D eigenvalue weighted by atomic mass is 32.1. The molecule has 4 aromatic rings. The average Bonchev–Trinajstić information content (AvgIpc) is 3.25. The predicted molar refractivity (Wildman–Crippen MR) is 109 cm³/mol. The van der Waals surface area contributed by atoms with E-state index in [1.54, 1.807) is 0 Å². The van der Waals surface area contributed by atoms with E-state index in [4.69, 9.17) is 5.73 Å². The van der Waals surface area contributed by atoms with E-state index in [0.29, 0.717) is 18.1 Å². The summed E-state index contributed by atoms with van der Waals surface area (Å²) < 4.78 is 1.02. The Morgan fingerprint density at radius 2 is 2.00 bits per heavy atom. The number of guanidine groups is 1. The lowest BCUT2D eigenvalue weighted by Gasteiger charge is -2.06. The van der Waals surface area contributed by atoms with Crippen LogP contribution in [-0.4, -0.2) is 28.5 Å². The number of nitrogens with one attached hydrogen (secondary N) is 3. The number of urea groups is 1. The molecular weight excluding hydrogens is 360 g/mol. The Morgan fingerprint density at radius 3 is 2.89 bits per heavy atom. The lowest BCUT2D eigenvalue weighted by Crippen LogP contribution is -2.43. The maximum atomic E-state index is 12.0. The van der Waals surface area contributed by atoms with Gasteiger partial charge in [0.1, 0.15) is 0 Å². The number of nitrogens with two attached hydrogens (primary N) is 1. The first-order valence-corrected chi connectivity index (χ1v) is 9.30. The van der Waals surface area contributed by atoms with E-state index in [0.717, 1.165) is 26.7 Å². The minimum absolute atomic E-state index is 0.0126. The van der Waals surface area contributed by atoms with Crippen molar-refractivity contribution in [1.29, 1.82) is 0 Å². The number of hydrogen-bond donors (Lipinski definition) is 4. The van der Waals surface area contributed by atoms with Crippen LogP contribution in [0.2, 0.25) is 0 Å². The van der Waals surface area contributed by atoms with Crippen LogP contribution in [0.1, 0.15) is 5.56 Å². The monoisotopic (exact) mass is 378 g/mol. The number of nitrogens with zero attached hydrogens (tertiary/aromatic N) is 2. The number of para-hydroxylation sites is 2. The van der Waals surface area contributed by atoms with Crippen molar-refractivity contribution >= 4 is 49.6 Å². The van der Waals surface area contributed by atoms with Crippen LogP contribution in [0, 0.1) is 0 Å². The molecule has 0 fully saturated rings. The van der Waals surface area contributed by atoms with Gasteiger partial charge in [0.05, 0.1) is 10.2 Å².